The summed E-state index contributed by atoms with van der Waals surface area (Å²) in [6, 6.07) is 4.90. The lowest BCUT2D eigenvalue weighted by atomic mass is 10.1. The Hall–Kier alpha value is -1.46. The highest BCUT2D eigenvalue weighted by Gasteiger charge is 2.31. The van der Waals surface area contributed by atoms with Gasteiger partial charge in [0.05, 0.1) is 18.8 Å². The van der Waals surface area contributed by atoms with Crippen molar-refractivity contribution in [2.75, 3.05) is 7.11 Å². The van der Waals surface area contributed by atoms with E-state index in [1.54, 1.807) is 17.4 Å². The van der Waals surface area contributed by atoms with Crippen molar-refractivity contribution in [2.24, 2.45) is 11.7 Å². The number of ether oxygens (including phenoxy) is 1. The quantitative estimate of drug-likeness (QED) is 0.932. The largest absolute Gasteiger partial charge is 0.494 e. The molecule has 0 saturated heterocycles. The molecule has 1 heterocycles. The predicted molar refractivity (Wildman–Crippen MR) is 73.7 cm³/mol. The van der Waals surface area contributed by atoms with Gasteiger partial charge in [0.25, 0.3) is 0 Å². The van der Waals surface area contributed by atoms with Crippen LogP contribution < -0.4 is 10.5 Å². The molecule has 2 aromatic rings. The van der Waals surface area contributed by atoms with Crippen LogP contribution in [0.2, 0.25) is 0 Å². The molecule has 0 amide bonds. The van der Waals surface area contributed by atoms with E-state index >= 15 is 0 Å². The maximum atomic E-state index is 13.7. The fraction of sp³-hybridized carbons (Fsp3) is 0.357. The van der Waals surface area contributed by atoms with E-state index in [9.17, 15) is 4.39 Å². The Kier molecular flexibility index (Phi) is 3.24. The second-order valence-corrected chi connectivity index (χ2v) is 5.67. The lowest BCUT2D eigenvalue weighted by Gasteiger charge is -2.05. The van der Waals surface area contributed by atoms with E-state index < -0.39 is 0 Å². The molecule has 1 aliphatic rings. The monoisotopic (exact) mass is 278 g/mol. The second-order valence-electron chi connectivity index (χ2n) is 4.78. The van der Waals surface area contributed by atoms with Crippen molar-refractivity contribution in [3.63, 3.8) is 0 Å². The Morgan fingerprint density at radius 1 is 1.47 bits per heavy atom. The lowest BCUT2D eigenvalue weighted by Crippen LogP contribution is -2.11. The van der Waals surface area contributed by atoms with Crippen LogP contribution >= 0.6 is 11.3 Å². The van der Waals surface area contributed by atoms with E-state index in [1.807, 2.05) is 11.4 Å². The van der Waals surface area contributed by atoms with Crippen molar-refractivity contribution in [1.29, 1.82) is 0 Å². The van der Waals surface area contributed by atoms with Gasteiger partial charge in [-0.1, -0.05) is 0 Å². The highest BCUT2D eigenvalue weighted by molar-refractivity contribution is 7.10. The molecule has 0 spiro atoms. The lowest BCUT2D eigenvalue weighted by molar-refractivity contribution is 0.386. The van der Waals surface area contributed by atoms with Crippen molar-refractivity contribution in [1.82, 2.24) is 4.98 Å². The molecule has 1 aliphatic carbocycles. The van der Waals surface area contributed by atoms with Crippen LogP contribution in [0.3, 0.4) is 0 Å². The normalized spacial score (nSPS) is 16.4. The molecule has 5 heteroatoms. The van der Waals surface area contributed by atoms with E-state index in [1.165, 1.54) is 26.0 Å². The third-order valence-electron chi connectivity index (χ3n) is 3.38. The molecule has 1 atom stereocenters. The first-order valence-corrected chi connectivity index (χ1v) is 7.12. The molecule has 0 radical (unpaired) electrons. The van der Waals surface area contributed by atoms with Crippen LogP contribution in [-0.4, -0.2) is 12.1 Å². The number of nitrogens with zero attached hydrogens (tertiary/aromatic N) is 1. The molecule has 0 bridgehead atoms. The second kappa shape index (κ2) is 4.90. The minimum atomic E-state index is -0.374. The van der Waals surface area contributed by atoms with E-state index in [0.717, 1.165) is 16.3 Å². The number of halogens is 1. The summed E-state index contributed by atoms with van der Waals surface area (Å²) in [5.41, 5.74) is 7.65. The van der Waals surface area contributed by atoms with Gasteiger partial charge in [-0.25, -0.2) is 9.37 Å². The number of hydrogen-bond acceptors (Lipinski definition) is 4. The summed E-state index contributed by atoms with van der Waals surface area (Å²) in [6.45, 7) is 0. The fourth-order valence-corrected chi connectivity index (χ4v) is 2.98. The fourth-order valence-electron chi connectivity index (χ4n) is 2.06. The summed E-state index contributed by atoms with van der Waals surface area (Å²) < 4.78 is 18.6. The van der Waals surface area contributed by atoms with Crippen LogP contribution in [0.1, 0.15) is 23.9 Å². The van der Waals surface area contributed by atoms with Crippen LogP contribution in [0.4, 0.5) is 4.39 Å². The summed E-state index contributed by atoms with van der Waals surface area (Å²) in [5.74, 6) is 0.446. The minimum absolute atomic E-state index is 0.0295. The van der Waals surface area contributed by atoms with Crippen molar-refractivity contribution < 1.29 is 9.13 Å². The smallest absolute Gasteiger partial charge is 0.165 e. The molecule has 1 aromatic carbocycles. The molecule has 3 nitrogen and oxygen atoms in total. The molecule has 100 valence electrons. The molecular formula is C14H15FN2OS. The Labute approximate surface area is 115 Å². The number of aromatic nitrogens is 1. The van der Waals surface area contributed by atoms with Gasteiger partial charge in [0.15, 0.2) is 11.6 Å². The van der Waals surface area contributed by atoms with Gasteiger partial charge in [-0.3, -0.25) is 0 Å². The van der Waals surface area contributed by atoms with Crippen molar-refractivity contribution in [3.8, 4) is 17.0 Å². The molecule has 3 rings (SSSR count). The summed E-state index contributed by atoms with van der Waals surface area (Å²) in [4.78, 5) is 4.52. The van der Waals surface area contributed by atoms with Gasteiger partial charge in [-0.2, -0.15) is 0 Å². The number of benzene rings is 1. The number of methoxy groups -OCH3 is 1. The average Bonchev–Trinajstić information content (AvgIpc) is 3.15. The van der Waals surface area contributed by atoms with Crippen LogP contribution in [-0.2, 0) is 0 Å². The van der Waals surface area contributed by atoms with Gasteiger partial charge in [-0.05, 0) is 37.0 Å². The van der Waals surface area contributed by atoms with Gasteiger partial charge in [0.1, 0.15) is 5.01 Å². The zero-order valence-corrected chi connectivity index (χ0v) is 11.4. The Bertz CT molecular complexity index is 595. The molecule has 19 heavy (non-hydrogen) atoms. The third-order valence-corrected chi connectivity index (χ3v) is 4.33. The van der Waals surface area contributed by atoms with Gasteiger partial charge < -0.3 is 10.5 Å². The van der Waals surface area contributed by atoms with E-state index in [-0.39, 0.29) is 17.6 Å². The predicted octanol–water partition coefficient (Wildman–Crippen LogP) is 3.37. The highest BCUT2D eigenvalue weighted by Crippen LogP contribution is 2.41. The molecule has 2 N–H and O–H groups in total. The maximum absolute atomic E-state index is 13.7. The molecular weight excluding hydrogens is 263 g/mol. The number of nitrogens with two attached hydrogens (primary N) is 1. The van der Waals surface area contributed by atoms with Crippen LogP contribution in [0.15, 0.2) is 23.6 Å². The molecule has 1 aromatic heterocycles. The minimum Gasteiger partial charge on any atom is -0.494 e. The van der Waals surface area contributed by atoms with Crippen LogP contribution in [0.5, 0.6) is 5.75 Å². The SMILES string of the molecule is COc1ccc(-c2csc(C(N)C3CC3)n2)cc1F. The Balaban J connectivity index is 1.87. The topological polar surface area (TPSA) is 48.1 Å². The van der Waals surface area contributed by atoms with Crippen molar-refractivity contribution >= 4 is 11.3 Å². The first-order chi connectivity index (χ1) is 9.19. The first kappa shape index (κ1) is 12.6. The number of hydrogen-bond donors (Lipinski definition) is 1. The molecule has 1 unspecified atom stereocenters. The highest BCUT2D eigenvalue weighted by atomic mass is 32.1. The third kappa shape index (κ3) is 2.48. The van der Waals surface area contributed by atoms with E-state index in [0.29, 0.717) is 5.92 Å². The summed E-state index contributed by atoms with van der Waals surface area (Å²) in [5, 5.41) is 2.87. The van der Waals surface area contributed by atoms with E-state index in [4.69, 9.17) is 10.5 Å². The summed E-state index contributed by atoms with van der Waals surface area (Å²) in [6.07, 6.45) is 2.38. The van der Waals surface area contributed by atoms with Crippen molar-refractivity contribution in [3.05, 3.63) is 34.4 Å². The Morgan fingerprint density at radius 3 is 2.89 bits per heavy atom. The molecule has 1 fully saturated rings. The average molecular weight is 278 g/mol. The van der Waals surface area contributed by atoms with Gasteiger partial charge >= 0.3 is 0 Å². The standard InChI is InChI=1S/C14H15FN2OS/c1-18-12-5-4-9(6-10(12)15)11-7-19-14(17-11)13(16)8-2-3-8/h4-8,13H,2-3,16H2,1H3. The zero-order valence-electron chi connectivity index (χ0n) is 10.6. The van der Waals surface area contributed by atoms with Crippen LogP contribution in [0, 0.1) is 11.7 Å². The van der Waals surface area contributed by atoms with Crippen LogP contribution in [0.25, 0.3) is 11.3 Å². The zero-order chi connectivity index (χ0) is 13.4. The number of rotatable bonds is 4. The maximum Gasteiger partial charge on any atom is 0.165 e. The summed E-state index contributed by atoms with van der Waals surface area (Å²) >= 11 is 1.55. The van der Waals surface area contributed by atoms with Crippen molar-refractivity contribution in [2.45, 2.75) is 18.9 Å². The first-order valence-electron chi connectivity index (χ1n) is 6.24. The van der Waals surface area contributed by atoms with E-state index in [2.05, 4.69) is 4.98 Å². The van der Waals surface area contributed by atoms with Gasteiger partial charge in [-0.15, -0.1) is 11.3 Å². The summed E-state index contributed by atoms with van der Waals surface area (Å²) in [7, 11) is 1.45. The van der Waals surface area contributed by atoms with Gasteiger partial charge in [0, 0.05) is 10.9 Å². The number of thiazole rings is 1. The molecule has 1 saturated carbocycles. The van der Waals surface area contributed by atoms with Gasteiger partial charge in [0.2, 0.25) is 0 Å². The Morgan fingerprint density at radius 2 is 2.26 bits per heavy atom. The molecule has 0 aliphatic heterocycles.